The summed E-state index contributed by atoms with van der Waals surface area (Å²) >= 11 is 0. The van der Waals surface area contributed by atoms with Crippen LogP contribution in [-0.4, -0.2) is 22.4 Å². The molecule has 0 heterocycles. The summed E-state index contributed by atoms with van der Waals surface area (Å²) in [7, 11) is 0. The van der Waals surface area contributed by atoms with Crippen LogP contribution in [0.1, 0.15) is 13.3 Å². The topological polar surface area (TPSA) is 40.5 Å². The van der Waals surface area contributed by atoms with Gasteiger partial charge in [-0.1, -0.05) is 6.92 Å². The molecule has 0 aromatic heterocycles. The number of rotatable bonds is 2. The second kappa shape index (κ2) is 5.98. The Morgan fingerprint density at radius 2 is 1.88 bits per heavy atom. The van der Waals surface area contributed by atoms with Crippen molar-refractivity contribution in [3.8, 4) is 0 Å². The van der Waals surface area contributed by atoms with Crippen molar-refractivity contribution < 1.29 is 37.9 Å². The Balaban J connectivity index is 0. The van der Waals surface area contributed by atoms with E-state index in [-0.39, 0.29) is 27.7 Å². The predicted molar refractivity (Wildman–Crippen MR) is 27.7 cm³/mol. The zero-order valence-electron chi connectivity index (χ0n) is 5.17. The van der Waals surface area contributed by atoms with Gasteiger partial charge in [0.05, 0.1) is 12.2 Å². The fraction of sp³-hybridized carbons (Fsp3) is 0.800. The summed E-state index contributed by atoms with van der Waals surface area (Å²) in [6, 6.07) is 0. The van der Waals surface area contributed by atoms with Crippen molar-refractivity contribution in [2.24, 2.45) is 0 Å². The molecule has 1 radical (unpaired) electrons. The number of hydrogen-bond acceptors (Lipinski definition) is 2. The maximum Gasteiger partial charge on any atom is 0.0800 e. The van der Waals surface area contributed by atoms with Crippen molar-refractivity contribution in [2.45, 2.75) is 25.6 Å². The first-order valence-corrected chi connectivity index (χ1v) is 2.37. The van der Waals surface area contributed by atoms with E-state index >= 15 is 0 Å². The molecular formula is C5H11HgO2. The van der Waals surface area contributed by atoms with Gasteiger partial charge in [0, 0.05) is 27.7 Å². The Labute approximate surface area is 70.4 Å². The van der Waals surface area contributed by atoms with Crippen LogP contribution in [-0.2, 0) is 27.7 Å². The molecule has 0 aliphatic carbocycles. The fourth-order valence-corrected chi connectivity index (χ4v) is 0.272. The Morgan fingerprint density at radius 1 is 1.50 bits per heavy atom. The summed E-state index contributed by atoms with van der Waals surface area (Å²) in [5, 5.41) is 17.1. The number of aliphatic hydroxyl groups excluding tert-OH is 2. The summed E-state index contributed by atoms with van der Waals surface area (Å²) in [4.78, 5) is 0. The molecule has 2 unspecified atom stereocenters. The van der Waals surface area contributed by atoms with E-state index < -0.39 is 12.2 Å². The zero-order chi connectivity index (χ0) is 5.86. The van der Waals surface area contributed by atoms with E-state index in [1.54, 1.807) is 6.92 Å². The van der Waals surface area contributed by atoms with Gasteiger partial charge in [0.1, 0.15) is 0 Å². The first-order valence-electron chi connectivity index (χ1n) is 2.37. The molecule has 0 amide bonds. The Hall–Kier alpha value is 0.855. The molecule has 0 aliphatic rings. The average Bonchev–Trinajstić information content (AvgIpc) is 1.65. The standard InChI is InChI=1S/C5H11O2.Hg/c1-3-5(7)4(2)6;/h4-7H,2-3H2,1H3;. The summed E-state index contributed by atoms with van der Waals surface area (Å²) in [5.74, 6) is 0. The second-order valence-electron chi connectivity index (χ2n) is 1.54. The molecule has 0 bridgehead atoms. The largest absolute Gasteiger partial charge is 0.390 e. The van der Waals surface area contributed by atoms with Crippen LogP contribution in [0.25, 0.3) is 0 Å². The van der Waals surface area contributed by atoms with Crippen LogP contribution in [0.15, 0.2) is 0 Å². The first-order chi connectivity index (χ1) is 3.18. The van der Waals surface area contributed by atoms with E-state index in [9.17, 15) is 0 Å². The molecule has 0 aliphatic heterocycles. The van der Waals surface area contributed by atoms with Crippen LogP contribution in [0.2, 0.25) is 0 Å². The molecule has 0 aromatic rings. The second-order valence-corrected chi connectivity index (χ2v) is 1.54. The van der Waals surface area contributed by atoms with Crippen molar-refractivity contribution in [3.05, 3.63) is 6.92 Å². The van der Waals surface area contributed by atoms with E-state index in [1.165, 1.54) is 0 Å². The van der Waals surface area contributed by atoms with Crippen LogP contribution in [0.3, 0.4) is 0 Å². The van der Waals surface area contributed by atoms with Gasteiger partial charge in [-0.25, -0.2) is 0 Å². The molecule has 3 heteroatoms. The van der Waals surface area contributed by atoms with Gasteiger partial charge in [-0.15, -0.1) is 0 Å². The van der Waals surface area contributed by atoms with Crippen molar-refractivity contribution >= 4 is 0 Å². The van der Waals surface area contributed by atoms with Gasteiger partial charge >= 0.3 is 0 Å². The molecule has 8 heavy (non-hydrogen) atoms. The van der Waals surface area contributed by atoms with Gasteiger partial charge in [-0.3, -0.25) is 0 Å². The van der Waals surface area contributed by atoms with Gasteiger partial charge in [-0.05, 0) is 13.3 Å². The monoisotopic (exact) mass is 305 g/mol. The normalized spacial score (nSPS) is 16.5. The summed E-state index contributed by atoms with van der Waals surface area (Å²) < 4.78 is 0. The molecule has 45 valence electrons. The SMILES string of the molecule is [CH2]C(O)C(O)CC.[Hg]. The molecular weight excluding hydrogens is 293 g/mol. The molecule has 0 rings (SSSR count). The van der Waals surface area contributed by atoms with Gasteiger partial charge in [-0.2, -0.15) is 0 Å². The van der Waals surface area contributed by atoms with Gasteiger partial charge < -0.3 is 10.2 Å². The quantitative estimate of drug-likeness (QED) is 0.702. The molecule has 2 atom stereocenters. The van der Waals surface area contributed by atoms with Gasteiger partial charge in [0.15, 0.2) is 0 Å². The molecule has 0 aromatic carbocycles. The minimum atomic E-state index is -0.829. The number of hydrogen-bond donors (Lipinski definition) is 2. The van der Waals surface area contributed by atoms with Crippen molar-refractivity contribution in [3.63, 3.8) is 0 Å². The van der Waals surface area contributed by atoms with Crippen molar-refractivity contribution in [2.75, 3.05) is 0 Å². The fourth-order valence-electron chi connectivity index (χ4n) is 0.272. The minimum absolute atomic E-state index is 0. The van der Waals surface area contributed by atoms with E-state index in [1.807, 2.05) is 0 Å². The van der Waals surface area contributed by atoms with Crippen LogP contribution in [0.4, 0.5) is 0 Å². The van der Waals surface area contributed by atoms with Crippen molar-refractivity contribution in [1.29, 1.82) is 0 Å². The average molecular weight is 304 g/mol. The van der Waals surface area contributed by atoms with E-state index in [0.29, 0.717) is 6.42 Å². The summed E-state index contributed by atoms with van der Waals surface area (Å²) in [6.07, 6.45) is -0.921. The molecule has 0 spiro atoms. The third-order valence-electron chi connectivity index (χ3n) is 0.862. The van der Waals surface area contributed by atoms with Gasteiger partial charge in [0.2, 0.25) is 0 Å². The third kappa shape index (κ3) is 5.00. The number of aliphatic hydroxyl groups is 2. The summed E-state index contributed by atoms with van der Waals surface area (Å²) in [6.45, 7) is 5.01. The molecule has 0 saturated carbocycles. The predicted octanol–water partition coefficient (Wildman–Crippen LogP) is -0.0502. The molecule has 0 fully saturated rings. The van der Waals surface area contributed by atoms with Crippen LogP contribution < -0.4 is 0 Å². The van der Waals surface area contributed by atoms with E-state index in [2.05, 4.69) is 6.92 Å². The maximum absolute atomic E-state index is 8.62. The maximum atomic E-state index is 8.62. The molecule has 2 nitrogen and oxygen atoms in total. The Kier molecular flexibility index (Phi) is 8.69. The Bertz CT molecular complexity index is 47.7. The van der Waals surface area contributed by atoms with E-state index in [4.69, 9.17) is 10.2 Å². The van der Waals surface area contributed by atoms with E-state index in [0.717, 1.165) is 0 Å². The van der Waals surface area contributed by atoms with Gasteiger partial charge in [0.25, 0.3) is 0 Å². The third-order valence-corrected chi connectivity index (χ3v) is 0.862. The molecule has 2 N–H and O–H groups in total. The molecule has 0 saturated heterocycles. The zero-order valence-corrected chi connectivity index (χ0v) is 10.7. The first kappa shape index (κ1) is 11.6. The Morgan fingerprint density at radius 3 is 1.88 bits per heavy atom. The summed E-state index contributed by atoms with van der Waals surface area (Å²) in [5.41, 5.74) is 0. The minimum Gasteiger partial charge on any atom is -0.390 e. The van der Waals surface area contributed by atoms with Crippen molar-refractivity contribution in [1.82, 2.24) is 0 Å². The van der Waals surface area contributed by atoms with Crippen LogP contribution in [0, 0.1) is 6.92 Å². The van der Waals surface area contributed by atoms with Crippen LogP contribution >= 0.6 is 0 Å². The smallest absolute Gasteiger partial charge is 0.0800 e. The van der Waals surface area contributed by atoms with Crippen LogP contribution in [0.5, 0.6) is 0 Å².